The molecule has 0 radical (unpaired) electrons. The SMILES string of the molecule is Cc1occc1C(=O)NCC(=O)N1CCN(CC(=O)N2CC(C)CC(C)C2)CC1. The number of likely N-dealkylation sites (tertiary alicyclic amines) is 1. The summed E-state index contributed by atoms with van der Waals surface area (Å²) < 4.78 is 5.11. The molecule has 3 amide bonds. The zero-order valence-corrected chi connectivity index (χ0v) is 17.6. The minimum atomic E-state index is -0.307. The molecule has 2 saturated heterocycles. The lowest BCUT2D eigenvalue weighted by Crippen LogP contribution is -2.54. The lowest BCUT2D eigenvalue weighted by atomic mass is 9.92. The summed E-state index contributed by atoms with van der Waals surface area (Å²) in [6.07, 6.45) is 2.64. The van der Waals surface area contributed by atoms with Crippen LogP contribution < -0.4 is 5.32 Å². The van der Waals surface area contributed by atoms with E-state index in [0.29, 0.717) is 55.9 Å². The van der Waals surface area contributed by atoms with E-state index < -0.39 is 0 Å². The molecule has 2 aliphatic heterocycles. The van der Waals surface area contributed by atoms with E-state index in [1.807, 2.05) is 4.90 Å². The molecule has 2 atom stereocenters. The zero-order valence-electron chi connectivity index (χ0n) is 17.6. The van der Waals surface area contributed by atoms with Crippen LogP contribution in [0.4, 0.5) is 0 Å². The van der Waals surface area contributed by atoms with Crippen molar-refractivity contribution in [3.05, 3.63) is 23.7 Å². The van der Waals surface area contributed by atoms with Crippen LogP contribution in [0.25, 0.3) is 0 Å². The van der Waals surface area contributed by atoms with Gasteiger partial charge in [-0.25, -0.2) is 0 Å². The van der Waals surface area contributed by atoms with Crippen molar-refractivity contribution >= 4 is 17.7 Å². The fraction of sp³-hybridized carbons (Fsp3) is 0.667. The third-order valence-electron chi connectivity index (χ3n) is 5.81. The van der Waals surface area contributed by atoms with E-state index in [2.05, 4.69) is 24.1 Å². The predicted molar refractivity (Wildman–Crippen MR) is 108 cm³/mol. The molecule has 0 saturated carbocycles. The highest BCUT2D eigenvalue weighted by molar-refractivity contribution is 5.97. The van der Waals surface area contributed by atoms with Crippen LogP contribution in [-0.2, 0) is 9.59 Å². The maximum absolute atomic E-state index is 12.6. The summed E-state index contributed by atoms with van der Waals surface area (Å²) >= 11 is 0. The Morgan fingerprint density at radius 2 is 1.69 bits per heavy atom. The molecule has 1 N–H and O–H groups in total. The first-order chi connectivity index (χ1) is 13.8. The molecule has 3 rings (SSSR count). The Morgan fingerprint density at radius 1 is 1.03 bits per heavy atom. The van der Waals surface area contributed by atoms with E-state index in [0.717, 1.165) is 13.1 Å². The highest BCUT2D eigenvalue weighted by atomic mass is 16.3. The second-order valence-electron chi connectivity index (χ2n) is 8.47. The highest BCUT2D eigenvalue weighted by Gasteiger charge is 2.28. The number of nitrogens with one attached hydrogen (secondary N) is 1. The Bertz CT molecular complexity index is 729. The summed E-state index contributed by atoms with van der Waals surface area (Å²) in [4.78, 5) is 43.0. The third kappa shape index (κ3) is 5.59. The van der Waals surface area contributed by atoms with Crippen molar-refractivity contribution in [3.8, 4) is 0 Å². The van der Waals surface area contributed by atoms with Gasteiger partial charge >= 0.3 is 0 Å². The number of rotatable bonds is 5. The number of hydrogen-bond acceptors (Lipinski definition) is 5. The van der Waals surface area contributed by atoms with E-state index >= 15 is 0 Å². The lowest BCUT2D eigenvalue weighted by molar-refractivity contribution is -0.136. The summed E-state index contributed by atoms with van der Waals surface area (Å²) in [5.74, 6) is 1.41. The van der Waals surface area contributed by atoms with Crippen molar-refractivity contribution in [2.24, 2.45) is 11.8 Å². The van der Waals surface area contributed by atoms with Crippen molar-refractivity contribution in [2.45, 2.75) is 27.2 Å². The predicted octanol–water partition coefficient (Wildman–Crippen LogP) is 0.967. The van der Waals surface area contributed by atoms with Crippen molar-refractivity contribution in [1.29, 1.82) is 0 Å². The lowest BCUT2D eigenvalue weighted by Gasteiger charge is -2.38. The Hall–Kier alpha value is -2.35. The number of aryl methyl sites for hydroxylation is 1. The van der Waals surface area contributed by atoms with Gasteiger partial charge in [0, 0.05) is 39.3 Å². The first-order valence-corrected chi connectivity index (χ1v) is 10.4. The maximum atomic E-state index is 12.6. The Labute approximate surface area is 172 Å². The van der Waals surface area contributed by atoms with Gasteiger partial charge in [-0.3, -0.25) is 19.3 Å². The summed E-state index contributed by atoms with van der Waals surface area (Å²) in [5.41, 5.74) is 0.447. The number of hydrogen-bond donors (Lipinski definition) is 1. The van der Waals surface area contributed by atoms with Crippen molar-refractivity contribution < 1.29 is 18.8 Å². The van der Waals surface area contributed by atoms with Gasteiger partial charge in [-0.2, -0.15) is 0 Å². The summed E-state index contributed by atoms with van der Waals surface area (Å²) in [6.45, 7) is 10.7. The van der Waals surface area contributed by atoms with E-state index in [4.69, 9.17) is 4.42 Å². The number of carbonyl (C=O) groups is 3. The van der Waals surface area contributed by atoms with E-state index in [1.54, 1.807) is 17.9 Å². The Kier molecular flexibility index (Phi) is 6.95. The zero-order chi connectivity index (χ0) is 21.0. The third-order valence-corrected chi connectivity index (χ3v) is 5.81. The van der Waals surface area contributed by atoms with Crippen LogP contribution in [-0.4, -0.2) is 84.8 Å². The van der Waals surface area contributed by atoms with Crippen LogP contribution in [0.15, 0.2) is 16.7 Å². The quantitative estimate of drug-likeness (QED) is 0.790. The number of piperazine rings is 1. The van der Waals surface area contributed by atoms with Gasteiger partial charge in [0.05, 0.1) is 24.9 Å². The highest BCUT2D eigenvalue weighted by Crippen LogP contribution is 2.21. The maximum Gasteiger partial charge on any atom is 0.255 e. The van der Waals surface area contributed by atoms with E-state index in [9.17, 15) is 14.4 Å². The van der Waals surface area contributed by atoms with Gasteiger partial charge < -0.3 is 19.5 Å². The summed E-state index contributed by atoms with van der Waals surface area (Å²) in [7, 11) is 0. The topological polar surface area (TPSA) is 86.1 Å². The number of carbonyl (C=O) groups excluding carboxylic acids is 3. The molecule has 2 fully saturated rings. The number of nitrogens with zero attached hydrogens (tertiary/aromatic N) is 3. The van der Waals surface area contributed by atoms with Crippen LogP contribution >= 0.6 is 0 Å². The molecule has 1 aromatic heterocycles. The minimum Gasteiger partial charge on any atom is -0.469 e. The van der Waals surface area contributed by atoms with Gasteiger partial charge in [0.15, 0.2) is 0 Å². The van der Waals surface area contributed by atoms with Crippen LogP contribution in [0, 0.1) is 18.8 Å². The fourth-order valence-corrected chi connectivity index (χ4v) is 4.30. The minimum absolute atomic E-state index is 0.0358. The van der Waals surface area contributed by atoms with Crippen LogP contribution in [0.3, 0.4) is 0 Å². The first kappa shape index (κ1) is 21.4. The molecular formula is C21H32N4O4. The molecule has 160 valence electrons. The normalized spacial score (nSPS) is 23.1. The number of amides is 3. The Balaban J connectivity index is 1.39. The molecule has 0 spiro atoms. The largest absolute Gasteiger partial charge is 0.469 e. The number of piperidine rings is 1. The summed E-state index contributed by atoms with van der Waals surface area (Å²) in [5, 5.41) is 2.65. The van der Waals surface area contributed by atoms with Crippen LogP contribution in [0.1, 0.15) is 36.4 Å². The van der Waals surface area contributed by atoms with E-state index in [-0.39, 0.29) is 24.3 Å². The molecule has 3 heterocycles. The van der Waals surface area contributed by atoms with Gasteiger partial charge in [-0.05, 0) is 31.2 Å². The van der Waals surface area contributed by atoms with Gasteiger partial charge in [-0.15, -0.1) is 0 Å². The second-order valence-corrected chi connectivity index (χ2v) is 8.47. The summed E-state index contributed by atoms with van der Waals surface area (Å²) in [6, 6.07) is 1.59. The standard InChI is InChI=1S/C21H32N4O4/c1-15-10-16(2)13-25(12-15)20(27)14-23-5-7-24(8-6-23)19(26)11-22-21(28)18-4-9-29-17(18)3/h4,9,15-16H,5-8,10-14H2,1-3H3,(H,22,28). The molecule has 0 aliphatic carbocycles. The Morgan fingerprint density at radius 3 is 2.28 bits per heavy atom. The average Bonchev–Trinajstić information content (AvgIpc) is 3.11. The van der Waals surface area contributed by atoms with Crippen molar-refractivity contribution in [1.82, 2.24) is 20.0 Å². The van der Waals surface area contributed by atoms with Gasteiger partial charge in [0.1, 0.15) is 5.76 Å². The molecule has 29 heavy (non-hydrogen) atoms. The fourth-order valence-electron chi connectivity index (χ4n) is 4.30. The molecule has 1 aromatic rings. The monoisotopic (exact) mass is 404 g/mol. The van der Waals surface area contributed by atoms with Gasteiger partial charge in [0.25, 0.3) is 5.91 Å². The van der Waals surface area contributed by atoms with E-state index in [1.165, 1.54) is 12.7 Å². The molecular weight excluding hydrogens is 372 g/mol. The van der Waals surface area contributed by atoms with Gasteiger partial charge in [-0.1, -0.05) is 13.8 Å². The molecule has 0 aromatic carbocycles. The smallest absolute Gasteiger partial charge is 0.255 e. The number of furan rings is 1. The van der Waals surface area contributed by atoms with Crippen molar-refractivity contribution in [3.63, 3.8) is 0 Å². The molecule has 2 unspecified atom stereocenters. The van der Waals surface area contributed by atoms with Crippen LogP contribution in [0.5, 0.6) is 0 Å². The average molecular weight is 405 g/mol. The van der Waals surface area contributed by atoms with Crippen molar-refractivity contribution in [2.75, 3.05) is 52.4 Å². The second kappa shape index (κ2) is 9.43. The van der Waals surface area contributed by atoms with Crippen LogP contribution in [0.2, 0.25) is 0 Å². The molecule has 8 nitrogen and oxygen atoms in total. The molecule has 8 heteroatoms. The van der Waals surface area contributed by atoms with Gasteiger partial charge in [0.2, 0.25) is 11.8 Å². The first-order valence-electron chi connectivity index (χ1n) is 10.4. The molecule has 0 bridgehead atoms. The molecule has 2 aliphatic rings.